The second-order valence-electron chi connectivity index (χ2n) is 3.14. The zero-order chi connectivity index (χ0) is 12.7. The number of carbonyl (C=O) groups is 2. The van der Waals surface area contributed by atoms with Gasteiger partial charge in [0.15, 0.2) is 0 Å². The fourth-order valence-corrected chi connectivity index (χ4v) is 1.06. The molecule has 0 saturated carbocycles. The van der Waals surface area contributed by atoms with Gasteiger partial charge in [0, 0.05) is 12.3 Å². The van der Waals surface area contributed by atoms with Crippen LogP contribution in [-0.4, -0.2) is 22.0 Å². The lowest BCUT2D eigenvalue weighted by Crippen LogP contribution is -2.09. The van der Waals surface area contributed by atoms with E-state index < -0.39 is 5.97 Å². The normalized spacial score (nSPS) is 10.9. The summed E-state index contributed by atoms with van der Waals surface area (Å²) in [5, 5.41) is 11.3. The van der Waals surface area contributed by atoms with Crippen LogP contribution in [0.25, 0.3) is 0 Å². The van der Waals surface area contributed by atoms with Crippen LogP contribution in [0.15, 0.2) is 42.8 Å². The number of aromatic carboxylic acids is 1. The number of hydrogen-bond donors (Lipinski definition) is 2. The van der Waals surface area contributed by atoms with Crippen molar-refractivity contribution >= 4 is 17.6 Å². The van der Waals surface area contributed by atoms with Crippen molar-refractivity contribution in [2.24, 2.45) is 0 Å². The van der Waals surface area contributed by atoms with Crippen molar-refractivity contribution < 1.29 is 14.7 Å². The molecule has 0 atom stereocenters. The van der Waals surface area contributed by atoms with Crippen molar-refractivity contribution in [3.8, 4) is 0 Å². The van der Waals surface area contributed by atoms with Gasteiger partial charge in [0.2, 0.25) is 5.91 Å². The average molecular weight is 232 g/mol. The van der Waals surface area contributed by atoms with Crippen LogP contribution in [-0.2, 0) is 4.79 Å². The van der Waals surface area contributed by atoms with Gasteiger partial charge < -0.3 is 10.4 Å². The van der Waals surface area contributed by atoms with E-state index in [0.29, 0.717) is 5.69 Å². The van der Waals surface area contributed by atoms with Gasteiger partial charge in [0.1, 0.15) is 0 Å². The van der Waals surface area contributed by atoms with Crippen LogP contribution in [0.1, 0.15) is 17.3 Å². The van der Waals surface area contributed by atoms with Crippen LogP contribution in [0, 0.1) is 0 Å². The molecule has 1 aromatic rings. The number of carboxylic acids is 1. The lowest BCUT2D eigenvalue weighted by atomic mass is 10.2. The smallest absolute Gasteiger partial charge is 0.337 e. The first-order valence-corrected chi connectivity index (χ1v) is 4.92. The Morgan fingerprint density at radius 3 is 2.76 bits per heavy atom. The first-order chi connectivity index (χ1) is 8.13. The molecule has 17 heavy (non-hydrogen) atoms. The van der Waals surface area contributed by atoms with Crippen LogP contribution in [0.4, 0.5) is 5.69 Å². The standard InChI is InChI=1S/C12H12N2O3/c1-2-3-4-5-11(15)14-10-6-9(12(16)17)7-13-8-10/h2-8H,1H3,(H,14,15)(H,16,17). The zero-order valence-electron chi connectivity index (χ0n) is 9.25. The summed E-state index contributed by atoms with van der Waals surface area (Å²) in [5.74, 6) is -1.43. The fraction of sp³-hybridized carbons (Fsp3) is 0.0833. The Morgan fingerprint density at radius 2 is 2.12 bits per heavy atom. The number of hydrogen-bond acceptors (Lipinski definition) is 3. The molecule has 0 saturated heterocycles. The molecule has 0 bridgehead atoms. The molecule has 1 amide bonds. The number of carboxylic acid groups (broad SMARTS) is 1. The molecular weight excluding hydrogens is 220 g/mol. The molecule has 0 fully saturated rings. The first kappa shape index (κ1) is 12.6. The van der Waals surface area contributed by atoms with Gasteiger partial charge in [-0.05, 0) is 13.0 Å². The van der Waals surface area contributed by atoms with E-state index in [1.165, 1.54) is 24.5 Å². The third-order valence-corrected chi connectivity index (χ3v) is 1.80. The minimum absolute atomic E-state index is 0.0280. The Hall–Kier alpha value is -2.43. The summed E-state index contributed by atoms with van der Waals surface area (Å²) in [5.41, 5.74) is 0.375. The molecule has 0 aliphatic rings. The Bertz CT molecular complexity index is 478. The number of aromatic nitrogens is 1. The van der Waals surface area contributed by atoms with E-state index in [1.54, 1.807) is 18.2 Å². The van der Waals surface area contributed by atoms with Crippen LogP contribution < -0.4 is 5.32 Å². The molecule has 0 radical (unpaired) electrons. The highest BCUT2D eigenvalue weighted by molar-refractivity contribution is 6.00. The summed E-state index contributed by atoms with van der Waals surface area (Å²) in [6, 6.07) is 1.34. The Kier molecular flexibility index (Phi) is 4.62. The van der Waals surface area contributed by atoms with Gasteiger partial charge in [-0.1, -0.05) is 18.2 Å². The largest absolute Gasteiger partial charge is 0.478 e. The average Bonchev–Trinajstić information content (AvgIpc) is 2.29. The molecule has 0 unspecified atom stereocenters. The number of anilines is 1. The number of nitrogens with zero attached hydrogens (tertiary/aromatic N) is 1. The second-order valence-corrected chi connectivity index (χ2v) is 3.14. The van der Waals surface area contributed by atoms with Crippen molar-refractivity contribution in [3.05, 3.63) is 48.3 Å². The highest BCUT2D eigenvalue weighted by atomic mass is 16.4. The van der Waals surface area contributed by atoms with Crippen LogP contribution in [0.3, 0.4) is 0 Å². The quantitative estimate of drug-likeness (QED) is 0.613. The predicted molar refractivity (Wildman–Crippen MR) is 63.8 cm³/mol. The van der Waals surface area contributed by atoms with Gasteiger partial charge in [-0.25, -0.2) is 4.79 Å². The molecule has 1 rings (SSSR count). The number of amides is 1. The number of carbonyl (C=O) groups excluding carboxylic acids is 1. The summed E-state index contributed by atoms with van der Waals surface area (Å²) in [4.78, 5) is 25.8. The number of allylic oxidation sites excluding steroid dienone is 3. The molecule has 0 aliphatic heterocycles. The van der Waals surface area contributed by atoms with Crippen molar-refractivity contribution in [1.82, 2.24) is 4.98 Å². The van der Waals surface area contributed by atoms with E-state index in [0.717, 1.165) is 0 Å². The second kappa shape index (κ2) is 6.22. The summed E-state index contributed by atoms with van der Waals surface area (Å²) < 4.78 is 0. The Morgan fingerprint density at radius 1 is 1.35 bits per heavy atom. The van der Waals surface area contributed by atoms with Gasteiger partial charge in [0.25, 0.3) is 0 Å². The van der Waals surface area contributed by atoms with Crippen LogP contribution in [0.5, 0.6) is 0 Å². The third kappa shape index (κ3) is 4.29. The van der Waals surface area contributed by atoms with E-state index >= 15 is 0 Å². The predicted octanol–water partition coefficient (Wildman–Crippen LogP) is 1.85. The number of pyridine rings is 1. The van der Waals surface area contributed by atoms with Crippen LogP contribution >= 0.6 is 0 Å². The molecule has 0 spiro atoms. The lowest BCUT2D eigenvalue weighted by molar-refractivity contribution is -0.111. The molecule has 1 heterocycles. The highest BCUT2D eigenvalue weighted by Gasteiger charge is 2.05. The molecular formula is C12H12N2O3. The van der Waals surface area contributed by atoms with Gasteiger partial charge in [-0.2, -0.15) is 0 Å². The van der Waals surface area contributed by atoms with E-state index in [2.05, 4.69) is 10.3 Å². The van der Waals surface area contributed by atoms with Gasteiger partial charge in [0.05, 0.1) is 17.4 Å². The summed E-state index contributed by atoms with van der Waals surface area (Å²) in [7, 11) is 0. The molecule has 0 aliphatic carbocycles. The summed E-state index contributed by atoms with van der Waals surface area (Å²) >= 11 is 0. The first-order valence-electron chi connectivity index (χ1n) is 4.92. The van der Waals surface area contributed by atoms with Gasteiger partial charge >= 0.3 is 5.97 Å². The lowest BCUT2D eigenvalue weighted by Gasteiger charge is -2.01. The van der Waals surface area contributed by atoms with Crippen molar-refractivity contribution in [1.29, 1.82) is 0 Å². The molecule has 0 aromatic carbocycles. The van der Waals surface area contributed by atoms with E-state index in [-0.39, 0.29) is 11.5 Å². The maximum Gasteiger partial charge on any atom is 0.337 e. The minimum atomic E-state index is -1.09. The van der Waals surface area contributed by atoms with Gasteiger partial charge in [-0.3, -0.25) is 9.78 Å². The summed E-state index contributed by atoms with van der Waals surface area (Å²) in [6.45, 7) is 1.84. The number of rotatable bonds is 4. The topological polar surface area (TPSA) is 79.3 Å². The minimum Gasteiger partial charge on any atom is -0.478 e. The fourth-order valence-electron chi connectivity index (χ4n) is 1.06. The van der Waals surface area contributed by atoms with Crippen molar-refractivity contribution in [3.63, 3.8) is 0 Å². The maximum absolute atomic E-state index is 11.4. The Labute approximate surface area is 98.5 Å². The van der Waals surface area contributed by atoms with Crippen molar-refractivity contribution in [2.75, 3.05) is 5.32 Å². The molecule has 5 nitrogen and oxygen atoms in total. The Balaban J connectivity index is 2.71. The summed E-state index contributed by atoms with van der Waals surface area (Å²) in [6.07, 6.45) is 9.03. The molecule has 2 N–H and O–H groups in total. The molecule has 88 valence electrons. The molecule has 1 aromatic heterocycles. The molecule has 5 heteroatoms. The van der Waals surface area contributed by atoms with Crippen LogP contribution in [0.2, 0.25) is 0 Å². The maximum atomic E-state index is 11.4. The number of nitrogens with one attached hydrogen (secondary N) is 1. The van der Waals surface area contributed by atoms with E-state index in [9.17, 15) is 9.59 Å². The zero-order valence-corrected chi connectivity index (χ0v) is 9.25. The highest BCUT2D eigenvalue weighted by Crippen LogP contribution is 2.08. The monoisotopic (exact) mass is 232 g/mol. The van der Waals surface area contributed by atoms with Gasteiger partial charge in [-0.15, -0.1) is 0 Å². The third-order valence-electron chi connectivity index (χ3n) is 1.80. The van der Waals surface area contributed by atoms with E-state index in [1.807, 2.05) is 6.92 Å². The SMILES string of the molecule is CC=CC=CC(=O)Nc1cncc(C(=O)O)c1. The van der Waals surface area contributed by atoms with Crippen molar-refractivity contribution in [2.45, 2.75) is 6.92 Å². The van der Waals surface area contributed by atoms with E-state index in [4.69, 9.17) is 5.11 Å².